The van der Waals surface area contributed by atoms with E-state index in [0.29, 0.717) is 5.01 Å². The lowest BCUT2D eigenvalue weighted by molar-refractivity contribution is -0.133. The van der Waals surface area contributed by atoms with Crippen LogP contribution in [-0.4, -0.2) is 35.4 Å². The van der Waals surface area contributed by atoms with E-state index in [1.807, 2.05) is 31.2 Å². The summed E-state index contributed by atoms with van der Waals surface area (Å²) < 4.78 is 18.9. The van der Waals surface area contributed by atoms with Crippen LogP contribution in [0.1, 0.15) is 21.6 Å². The van der Waals surface area contributed by atoms with Crippen molar-refractivity contribution in [2.24, 2.45) is 0 Å². The molecule has 0 atom stereocenters. The second kappa shape index (κ2) is 9.15. The Morgan fingerprint density at radius 1 is 1.21 bits per heavy atom. The molecular formula is C21H18ClFN2O3S. The van der Waals surface area contributed by atoms with E-state index in [2.05, 4.69) is 4.98 Å². The Kier molecular flexibility index (Phi) is 6.61. The Balaban J connectivity index is 1.57. The minimum absolute atomic E-state index is 0.0316. The van der Waals surface area contributed by atoms with Gasteiger partial charge in [0.1, 0.15) is 10.8 Å². The molecule has 5 nitrogen and oxygen atoms in total. The molecule has 0 aliphatic rings. The zero-order valence-corrected chi connectivity index (χ0v) is 17.4. The fraction of sp³-hybridized carbons (Fsp3) is 0.190. The number of carbonyl (C=O) groups is 2. The van der Waals surface area contributed by atoms with Crippen LogP contribution in [0, 0.1) is 12.7 Å². The highest BCUT2D eigenvalue weighted by molar-refractivity contribution is 7.13. The van der Waals surface area contributed by atoms with Crippen molar-refractivity contribution < 1.29 is 18.7 Å². The molecule has 150 valence electrons. The van der Waals surface area contributed by atoms with Gasteiger partial charge in [0.2, 0.25) is 0 Å². The fourth-order valence-electron chi connectivity index (χ4n) is 2.52. The van der Waals surface area contributed by atoms with Gasteiger partial charge in [-0.1, -0.05) is 47.5 Å². The number of esters is 1. The fourth-order valence-corrected chi connectivity index (χ4v) is 3.53. The molecule has 0 bridgehead atoms. The van der Waals surface area contributed by atoms with Gasteiger partial charge < -0.3 is 9.64 Å². The molecule has 1 heterocycles. The molecule has 0 unspecified atom stereocenters. The first-order chi connectivity index (χ1) is 13.8. The normalized spacial score (nSPS) is 10.6. The third-order valence-corrected chi connectivity index (χ3v) is 5.47. The first kappa shape index (κ1) is 21.0. The molecule has 8 heteroatoms. The standard InChI is InChI=1S/C21H18ClFN2O3S/c1-13-6-8-14(9-7-13)20-24-18(12-29-20)21(27)28-11-19(26)25(2)10-15-16(22)4-3-5-17(15)23/h3-9,12H,10-11H2,1-2H3. The Labute approximate surface area is 176 Å². The van der Waals surface area contributed by atoms with E-state index in [0.717, 1.165) is 11.1 Å². The molecule has 3 rings (SSSR count). The van der Waals surface area contributed by atoms with Crippen molar-refractivity contribution in [2.45, 2.75) is 13.5 Å². The van der Waals surface area contributed by atoms with Gasteiger partial charge in [-0.25, -0.2) is 14.2 Å². The van der Waals surface area contributed by atoms with Gasteiger partial charge >= 0.3 is 5.97 Å². The first-order valence-electron chi connectivity index (χ1n) is 8.71. The van der Waals surface area contributed by atoms with Crippen LogP contribution < -0.4 is 0 Å². The highest BCUT2D eigenvalue weighted by Gasteiger charge is 2.18. The molecule has 0 aliphatic heterocycles. The van der Waals surface area contributed by atoms with Gasteiger partial charge in [0.05, 0.1) is 0 Å². The van der Waals surface area contributed by atoms with Crippen LogP contribution in [0.3, 0.4) is 0 Å². The molecule has 3 aromatic rings. The maximum absolute atomic E-state index is 13.9. The van der Waals surface area contributed by atoms with E-state index >= 15 is 0 Å². The summed E-state index contributed by atoms with van der Waals surface area (Å²) in [5.74, 6) is -1.67. The highest BCUT2D eigenvalue weighted by Crippen LogP contribution is 2.24. The summed E-state index contributed by atoms with van der Waals surface area (Å²) in [4.78, 5) is 30.0. The van der Waals surface area contributed by atoms with E-state index in [-0.39, 0.29) is 22.8 Å². The Morgan fingerprint density at radius 2 is 1.93 bits per heavy atom. The number of thiazole rings is 1. The molecule has 1 aromatic heterocycles. The number of likely N-dealkylation sites (N-methyl/N-ethyl adjacent to an activating group) is 1. The molecule has 29 heavy (non-hydrogen) atoms. The van der Waals surface area contributed by atoms with E-state index in [1.54, 1.807) is 11.4 Å². The van der Waals surface area contributed by atoms with Gasteiger partial charge in [-0.2, -0.15) is 0 Å². The van der Waals surface area contributed by atoms with Crippen molar-refractivity contribution in [3.8, 4) is 10.6 Å². The Bertz CT molecular complexity index is 1020. The number of carbonyl (C=O) groups excluding carboxylic acids is 2. The summed E-state index contributed by atoms with van der Waals surface area (Å²) in [6.45, 7) is 1.48. The van der Waals surface area contributed by atoms with Crippen LogP contribution in [-0.2, 0) is 16.1 Å². The summed E-state index contributed by atoms with van der Waals surface area (Å²) in [5.41, 5.74) is 2.37. The van der Waals surface area contributed by atoms with Crippen molar-refractivity contribution >= 4 is 34.8 Å². The number of ether oxygens (including phenoxy) is 1. The van der Waals surface area contributed by atoms with Crippen LogP contribution in [0.15, 0.2) is 47.8 Å². The van der Waals surface area contributed by atoms with Crippen LogP contribution in [0.4, 0.5) is 4.39 Å². The molecule has 1 amide bonds. The van der Waals surface area contributed by atoms with Crippen molar-refractivity contribution in [1.82, 2.24) is 9.88 Å². The van der Waals surface area contributed by atoms with E-state index < -0.39 is 24.3 Å². The summed E-state index contributed by atoms with van der Waals surface area (Å²) in [6, 6.07) is 12.1. The largest absolute Gasteiger partial charge is 0.451 e. The van der Waals surface area contributed by atoms with Crippen LogP contribution in [0.5, 0.6) is 0 Å². The molecule has 2 aromatic carbocycles. The van der Waals surface area contributed by atoms with Gasteiger partial charge in [-0.3, -0.25) is 4.79 Å². The number of rotatable bonds is 6. The molecule has 0 saturated heterocycles. The summed E-state index contributed by atoms with van der Waals surface area (Å²) >= 11 is 7.30. The number of benzene rings is 2. The molecular weight excluding hydrogens is 415 g/mol. The summed E-state index contributed by atoms with van der Waals surface area (Å²) in [7, 11) is 1.48. The average Bonchev–Trinajstić information content (AvgIpc) is 3.19. The predicted molar refractivity (Wildman–Crippen MR) is 110 cm³/mol. The minimum Gasteiger partial charge on any atom is -0.451 e. The van der Waals surface area contributed by atoms with Crippen molar-refractivity contribution in [2.75, 3.05) is 13.7 Å². The average molecular weight is 433 g/mol. The quantitative estimate of drug-likeness (QED) is 0.528. The van der Waals surface area contributed by atoms with E-state index in [9.17, 15) is 14.0 Å². The zero-order chi connectivity index (χ0) is 21.0. The number of hydrogen-bond acceptors (Lipinski definition) is 5. The molecule has 0 radical (unpaired) electrons. The maximum Gasteiger partial charge on any atom is 0.358 e. The molecule has 0 spiro atoms. The van der Waals surface area contributed by atoms with Gasteiger partial charge in [-0.05, 0) is 19.1 Å². The minimum atomic E-state index is -0.690. The maximum atomic E-state index is 13.9. The lowest BCUT2D eigenvalue weighted by Crippen LogP contribution is -2.31. The summed E-state index contributed by atoms with van der Waals surface area (Å²) in [5, 5.41) is 2.51. The van der Waals surface area contributed by atoms with E-state index in [4.69, 9.17) is 16.3 Å². The monoisotopic (exact) mass is 432 g/mol. The van der Waals surface area contributed by atoms with Crippen molar-refractivity contribution in [3.63, 3.8) is 0 Å². The van der Waals surface area contributed by atoms with Crippen molar-refractivity contribution in [3.05, 3.63) is 75.5 Å². The van der Waals surface area contributed by atoms with Crippen LogP contribution >= 0.6 is 22.9 Å². The number of hydrogen-bond donors (Lipinski definition) is 0. The van der Waals surface area contributed by atoms with E-state index in [1.165, 1.54) is 35.4 Å². The topological polar surface area (TPSA) is 59.5 Å². The molecule has 0 fully saturated rings. The molecule has 0 saturated carbocycles. The van der Waals surface area contributed by atoms with Gasteiger partial charge in [0, 0.05) is 35.1 Å². The first-order valence-corrected chi connectivity index (χ1v) is 9.97. The van der Waals surface area contributed by atoms with Crippen LogP contribution in [0.2, 0.25) is 5.02 Å². The third kappa shape index (κ3) is 5.19. The molecule has 0 aliphatic carbocycles. The third-order valence-electron chi connectivity index (χ3n) is 4.22. The number of halogens is 2. The number of aryl methyl sites for hydroxylation is 1. The van der Waals surface area contributed by atoms with Gasteiger partial charge in [-0.15, -0.1) is 11.3 Å². The van der Waals surface area contributed by atoms with Crippen molar-refractivity contribution in [1.29, 1.82) is 0 Å². The second-order valence-electron chi connectivity index (χ2n) is 6.43. The van der Waals surface area contributed by atoms with Gasteiger partial charge in [0.15, 0.2) is 12.3 Å². The Hall–Kier alpha value is -2.77. The van der Waals surface area contributed by atoms with Gasteiger partial charge in [0.25, 0.3) is 5.91 Å². The Morgan fingerprint density at radius 3 is 2.62 bits per heavy atom. The second-order valence-corrected chi connectivity index (χ2v) is 7.70. The lowest BCUT2D eigenvalue weighted by atomic mass is 10.2. The summed E-state index contributed by atoms with van der Waals surface area (Å²) in [6.07, 6.45) is 0. The zero-order valence-electron chi connectivity index (χ0n) is 15.8. The smallest absolute Gasteiger partial charge is 0.358 e. The highest BCUT2D eigenvalue weighted by atomic mass is 35.5. The predicted octanol–water partition coefficient (Wildman–Crippen LogP) is 4.73. The lowest BCUT2D eigenvalue weighted by Gasteiger charge is -2.18. The number of aromatic nitrogens is 1. The molecule has 0 N–H and O–H groups in total. The van der Waals surface area contributed by atoms with Crippen LogP contribution in [0.25, 0.3) is 10.6 Å². The number of amides is 1. The number of nitrogens with zero attached hydrogens (tertiary/aromatic N) is 2. The SMILES string of the molecule is Cc1ccc(-c2nc(C(=O)OCC(=O)N(C)Cc3c(F)cccc3Cl)cs2)cc1.